The van der Waals surface area contributed by atoms with E-state index in [1.807, 2.05) is 0 Å². The van der Waals surface area contributed by atoms with E-state index in [0.717, 1.165) is 13.0 Å². The molecule has 4 nitrogen and oxygen atoms in total. The first-order chi connectivity index (χ1) is 13.6. The molecule has 0 amide bonds. The third kappa shape index (κ3) is 4.93. The summed E-state index contributed by atoms with van der Waals surface area (Å²) in [5, 5.41) is 11.1. The first kappa shape index (κ1) is 20.8. The summed E-state index contributed by atoms with van der Waals surface area (Å²) in [4.78, 5) is 0. The molecule has 0 radical (unpaired) electrons. The molecule has 1 N–H and O–H groups in total. The predicted octanol–water partition coefficient (Wildman–Crippen LogP) is 4.96. The van der Waals surface area contributed by atoms with Crippen molar-refractivity contribution in [3.8, 4) is 0 Å². The number of aromatic nitrogens is 1. The van der Waals surface area contributed by atoms with Crippen molar-refractivity contribution < 1.29 is 14.6 Å². The van der Waals surface area contributed by atoms with Crippen molar-refractivity contribution >= 4 is 16.5 Å². The second kappa shape index (κ2) is 10.1. The number of rotatable bonds is 10. The maximum Gasteiger partial charge on any atom is 0.101 e. The van der Waals surface area contributed by atoms with E-state index in [2.05, 4.69) is 60.9 Å². The molecule has 1 heterocycles. The first-order valence-corrected chi connectivity index (χ1v) is 10.4. The van der Waals surface area contributed by atoms with Crippen LogP contribution in [0.1, 0.15) is 45.2 Å². The van der Waals surface area contributed by atoms with Crippen LogP contribution in [0.3, 0.4) is 0 Å². The zero-order valence-electron chi connectivity index (χ0n) is 17.4. The highest BCUT2D eigenvalue weighted by Gasteiger charge is 2.19. The van der Waals surface area contributed by atoms with Gasteiger partial charge < -0.3 is 19.1 Å². The van der Waals surface area contributed by atoms with Gasteiger partial charge in [-0.05, 0) is 37.5 Å². The van der Waals surface area contributed by atoms with Gasteiger partial charge in [0.25, 0.3) is 0 Å². The maximum atomic E-state index is 9.81. The lowest BCUT2D eigenvalue weighted by Crippen LogP contribution is -2.25. The summed E-state index contributed by atoms with van der Waals surface area (Å²) in [6.45, 7) is 6.07. The Kier molecular flexibility index (Phi) is 7.49. The van der Waals surface area contributed by atoms with Crippen molar-refractivity contribution in [1.29, 1.82) is 0 Å². The van der Waals surface area contributed by atoms with Crippen molar-refractivity contribution in [1.82, 2.24) is 4.57 Å². The van der Waals surface area contributed by atoms with E-state index in [4.69, 9.17) is 9.47 Å². The molecule has 0 fully saturated rings. The Bertz CT molecular complexity index is 833. The van der Waals surface area contributed by atoms with Crippen LogP contribution in [0.15, 0.2) is 48.1 Å². The topological polar surface area (TPSA) is 43.6 Å². The van der Waals surface area contributed by atoms with Crippen LogP contribution in [0, 0.1) is 0 Å². The van der Waals surface area contributed by atoms with Crippen LogP contribution in [-0.2, 0) is 16.0 Å². The lowest BCUT2D eigenvalue weighted by atomic mass is 9.94. The van der Waals surface area contributed by atoms with Gasteiger partial charge in [-0.25, -0.2) is 0 Å². The van der Waals surface area contributed by atoms with Gasteiger partial charge in [-0.2, -0.15) is 0 Å². The predicted molar refractivity (Wildman–Crippen MR) is 115 cm³/mol. The minimum Gasteiger partial charge on any atom is -0.388 e. The normalized spacial score (nSPS) is 18.2. The summed E-state index contributed by atoms with van der Waals surface area (Å²) in [6.07, 6.45) is 8.26. The second-order valence-corrected chi connectivity index (χ2v) is 7.69. The van der Waals surface area contributed by atoms with Crippen LogP contribution in [0.5, 0.6) is 0 Å². The molecule has 0 aliphatic heterocycles. The molecule has 4 heteroatoms. The minimum absolute atomic E-state index is 0.00757. The third-order valence-corrected chi connectivity index (χ3v) is 5.38. The zero-order valence-corrected chi connectivity index (χ0v) is 17.4. The largest absolute Gasteiger partial charge is 0.388 e. The molecule has 1 aliphatic carbocycles. The van der Waals surface area contributed by atoms with E-state index < -0.39 is 6.10 Å². The van der Waals surface area contributed by atoms with Crippen LogP contribution >= 0.6 is 0 Å². The van der Waals surface area contributed by atoms with Crippen molar-refractivity contribution in [3.05, 3.63) is 53.8 Å². The summed E-state index contributed by atoms with van der Waals surface area (Å²) in [5.41, 5.74) is 5.23. The fourth-order valence-electron chi connectivity index (χ4n) is 3.91. The number of nitrogens with zero attached hydrogens (tertiary/aromatic N) is 1. The fourth-order valence-corrected chi connectivity index (χ4v) is 3.91. The number of unbranched alkanes of at least 4 members (excludes halogenated alkanes) is 2. The number of allylic oxidation sites excluding steroid dienone is 2. The number of hydrogen-bond donors (Lipinski definition) is 1. The van der Waals surface area contributed by atoms with Crippen LogP contribution in [-0.4, -0.2) is 42.2 Å². The molecule has 0 spiro atoms. The number of benzene rings is 1. The summed E-state index contributed by atoms with van der Waals surface area (Å²) in [5.74, 6) is 0. The molecule has 28 heavy (non-hydrogen) atoms. The Hall–Kier alpha value is -1.88. The lowest BCUT2D eigenvalue weighted by molar-refractivity contribution is -0.0231. The smallest absolute Gasteiger partial charge is 0.101 e. The summed E-state index contributed by atoms with van der Waals surface area (Å²) >= 11 is 0. The lowest BCUT2D eigenvalue weighted by Gasteiger charge is -2.23. The Balaban J connectivity index is 1.79. The number of fused-ring (bicyclic) bond motifs is 1. The molecule has 1 aromatic heterocycles. The average molecular weight is 384 g/mol. The monoisotopic (exact) mass is 383 g/mol. The van der Waals surface area contributed by atoms with Crippen LogP contribution in [0.25, 0.3) is 16.5 Å². The van der Waals surface area contributed by atoms with Crippen LogP contribution < -0.4 is 0 Å². The van der Waals surface area contributed by atoms with Crippen molar-refractivity contribution in [2.24, 2.45) is 0 Å². The molecule has 2 atom stereocenters. The molecular weight excluding hydrogens is 350 g/mol. The first-order valence-electron chi connectivity index (χ1n) is 10.4. The van der Waals surface area contributed by atoms with Gasteiger partial charge in [0.1, 0.15) is 6.10 Å². The Labute approximate surface area is 168 Å². The number of aliphatic hydroxyl groups is 1. The van der Waals surface area contributed by atoms with E-state index in [1.54, 1.807) is 7.11 Å². The number of ether oxygens (including phenoxy) is 2. The molecule has 152 valence electrons. The highest BCUT2D eigenvalue weighted by atomic mass is 16.5. The summed E-state index contributed by atoms with van der Waals surface area (Å²) in [7, 11) is 1.59. The number of methoxy groups -OCH3 is 1. The van der Waals surface area contributed by atoms with E-state index in [0.29, 0.717) is 13.2 Å². The Morgan fingerprint density at radius 1 is 1.21 bits per heavy atom. The van der Waals surface area contributed by atoms with Gasteiger partial charge in [0, 0.05) is 30.3 Å². The number of aliphatic hydroxyl groups excluding tert-OH is 1. The van der Waals surface area contributed by atoms with Crippen molar-refractivity contribution in [2.75, 3.05) is 20.3 Å². The van der Waals surface area contributed by atoms with E-state index in [1.165, 1.54) is 47.0 Å². The SMILES string of the molecule is CCCCCn1c(C2=C(C)CC(OCC(O)COC)C=C2)cc2ccccc21. The zero-order chi connectivity index (χ0) is 19.9. The van der Waals surface area contributed by atoms with E-state index in [9.17, 15) is 5.11 Å². The highest BCUT2D eigenvalue weighted by molar-refractivity contribution is 5.88. The van der Waals surface area contributed by atoms with Gasteiger partial charge in [0.15, 0.2) is 0 Å². The molecule has 0 saturated carbocycles. The average Bonchev–Trinajstić information content (AvgIpc) is 3.05. The fraction of sp³-hybridized carbons (Fsp3) is 0.500. The minimum atomic E-state index is -0.579. The Morgan fingerprint density at radius 2 is 2.04 bits per heavy atom. The van der Waals surface area contributed by atoms with E-state index in [-0.39, 0.29) is 6.10 Å². The molecule has 0 bridgehead atoms. The van der Waals surface area contributed by atoms with Gasteiger partial charge in [0.2, 0.25) is 0 Å². The van der Waals surface area contributed by atoms with Gasteiger partial charge in [-0.1, -0.05) is 55.7 Å². The second-order valence-electron chi connectivity index (χ2n) is 7.69. The number of para-hydroxylation sites is 1. The molecule has 2 aromatic rings. The molecule has 0 saturated heterocycles. The van der Waals surface area contributed by atoms with Gasteiger partial charge in [-0.3, -0.25) is 0 Å². The third-order valence-electron chi connectivity index (χ3n) is 5.38. The highest BCUT2D eigenvalue weighted by Crippen LogP contribution is 2.33. The molecule has 1 aromatic carbocycles. The van der Waals surface area contributed by atoms with Gasteiger partial charge >= 0.3 is 0 Å². The summed E-state index contributed by atoms with van der Waals surface area (Å²) < 4.78 is 13.3. The molecule has 1 aliphatic rings. The van der Waals surface area contributed by atoms with Gasteiger partial charge in [-0.15, -0.1) is 0 Å². The van der Waals surface area contributed by atoms with Gasteiger partial charge in [0.05, 0.1) is 19.3 Å². The van der Waals surface area contributed by atoms with E-state index >= 15 is 0 Å². The van der Waals surface area contributed by atoms with Crippen LogP contribution in [0.2, 0.25) is 0 Å². The molecule has 3 rings (SSSR count). The standard InChI is InChI=1S/C24H33NO3/c1-4-5-8-13-25-23-10-7-6-9-19(23)15-24(25)22-12-11-21(14-18(22)2)28-17-20(26)16-27-3/h6-7,9-12,15,20-21,26H,4-5,8,13-14,16-17H2,1-3H3. The Morgan fingerprint density at radius 3 is 2.79 bits per heavy atom. The number of aryl methyl sites for hydroxylation is 1. The van der Waals surface area contributed by atoms with Crippen molar-refractivity contribution in [3.63, 3.8) is 0 Å². The summed E-state index contributed by atoms with van der Waals surface area (Å²) in [6, 6.07) is 11.0. The molecule has 2 unspecified atom stereocenters. The quantitative estimate of drug-likeness (QED) is 0.590. The maximum absolute atomic E-state index is 9.81. The molecular formula is C24H33NO3. The number of hydrogen-bond acceptors (Lipinski definition) is 3. The van der Waals surface area contributed by atoms with Crippen molar-refractivity contribution in [2.45, 2.75) is 58.3 Å². The van der Waals surface area contributed by atoms with Crippen LogP contribution in [0.4, 0.5) is 0 Å².